The first-order valence-electron chi connectivity index (χ1n) is 4.87. The molecule has 0 radical (unpaired) electrons. The van der Waals surface area contributed by atoms with Crippen molar-refractivity contribution in [1.82, 2.24) is 14.9 Å². The molecule has 16 heavy (non-hydrogen) atoms. The van der Waals surface area contributed by atoms with Gasteiger partial charge in [0.1, 0.15) is 6.29 Å². The van der Waals surface area contributed by atoms with E-state index < -0.39 is 0 Å². The molecule has 0 unspecified atom stereocenters. The molecule has 0 atom stereocenters. The Labute approximate surface area is 100 Å². The zero-order valence-electron chi connectivity index (χ0n) is 9.87. The lowest BCUT2D eigenvalue weighted by atomic mass is 10.1. The average Bonchev–Trinajstić information content (AvgIpc) is 2.22. The second-order valence-electron chi connectivity index (χ2n) is 3.79. The predicted octanol–water partition coefficient (Wildman–Crippen LogP) is 1.94. The quantitative estimate of drug-likeness (QED) is 0.496. The van der Waals surface area contributed by atoms with Gasteiger partial charge in [0.2, 0.25) is 0 Å². The molecule has 0 saturated carbocycles. The van der Waals surface area contributed by atoms with Gasteiger partial charge in [-0.3, -0.25) is 4.79 Å². The number of nitrogens with zero attached hydrogens (tertiary/aromatic N) is 2. The average molecular weight is 237 g/mol. The van der Waals surface area contributed by atoms with Crippen LogP contribution in [0.5, 0.6) is 0 Å². The van der Waals surface area contributed by atoms with Crippen LogP contribution in [0.15, 0.2) is 11.8 Å². The molecule has 0 amide bonds. The molecule has 1 aromatic heterocycles. The summed E-state index contributed by atoms with van der Waals surface area (Å²) in [6.45, 7) is 3.70. The smallest absolute Gasteiger partial charge is 0.197 e. The standard InChI is InChI=1S/C11H15N3OS/c1-7-5-12-11(16)13-9(7)10(14(3)4)8(2)6-15/h5-6H,1-4H3,(H,12,13,16). The van der Waals surface area contributed by atoms with Crippen LogP contribution in [0, 0.1) is 11.7 Å². The van der Waals surface area contributed by atoms with Crippen LogP contribution in [-0.2, 0) is 4.79 Å². The second kappa shape index (κ2) is 5.03. The molecule has 0 fully saturated rings. The van der Waals surface area contributed by atoms with E-state index in [1.807, 2.05) is 25.9 Å². The van der Waals surface area contributed by atoms with Crippen LogP contribution in [0.3, 0.4) is 0 Å². The lowest BCUT2D eigenvalue weighted by Crippen LogP contribution is -2.15. The Kier molecular flexibility index (Phi) is 3.95. The van der Waals surface area contributed by atoms with E-state index >= 15 is 0 Å². The number of aromatic nitrogens is 2. The highest BCUT2D eigenvalue weighted by Gasteiger charge is 2.11. The van der Waals surface area contributed by atoms with Crippen LogP contribution in [0.1, 0.15) is 18.2 Å². The largest absolute Gasteiger partial charge is 0.376 e. The lowest BCUT2D eigenvalue weighted by molar-refractivity contribution is -0.104. The molecule has 1 aromatic rings. The highest BCUT2D eigenvalue weighted by molar-refractivity contribution is 7.71. The molecule has 0 spiro atoms. The summed E-state index contributed by atoms with van der Waals surface area (Å²) in [4.78, 5) is 19.8. The number of aromatic amines is 1. The molecule has 1 rings (SSSR count). The maximum absolute atomic E-state index is 10.9. The molecular weight excluding hydrogens is 222 g/mol. The third-order valence-electron chi connectivity index (χ3n) is 2.24. The fraction of sp³-hybridized carbons (Fsp3) is 0.364. The molecule has 0 aliphatic carbocycles. The molecular formula is C11H15N3OS. The number of carbonyl (C=O) groups excluding carboxylic acids is 1. The Morgan fingerprint density at radius 1 is 1.56 bits per heavy atom. The monoisotopic (exact) mass is 237 g/mol. The number of allylic oxidation sites excluding steroid dienone is 1. The first kappa shape index (κ1) is 12.6. The molecule has 0 bridgehead atoms. The first-order chi connectivity index (χ1) is 7.47. The summed E-state index contributed by atoms with van der Waals surface area (Å²) in [5, 5.41) is 0. The van der Waals surface area contributed by atoms with E-state index in [0.29, 0.717) is 10.3 Å². The van der Waals surface area contributed by atoms with Gasteiger partial charge in [0.25, 0.3) is 0 Å². The maximum Gasteiger partial charge on any atom is 0.197 e. The van der Waals surface area contributed by atoms with E-state index in [1.165, 1.54) is 0 Å². The van der Waals surface area contributed by atoms with Crippen molar-refractivity contribution in [3.8, 4) is 0 Å². The van der Waals surface area contributed by atoms with Crippen molar-refractivity contribution < 1.29 is 4.79 Å². The van der Waals surface area contributed by atoms with Crippen LogP contribution in [0.2, 0.25) is 0 Å². The summed E-state index contributed by atoms with van der Waals surface area (Å²) in [6, 6.07) is 0. The van der Waals surface area contributed by atoms with Crippen molar-refractivity contribution in [2.24, 2.45) is 0 Å². The summed E-state index contributed by atoms with van der Waals surface area (Å²) in [5.41, 5.74) is 3.29. The predicted molar refractivity (Wildman–Crippen MR) is 66.5 cm³/mol. The zero-order valence-corrected chi connectivity index (χ0v) is 10.7. The molecule has 0 saturated heterocycles. The number of hydrogen-bond acceptors (Lipinski definition) is 4. The van der Waals surface area contributed by atoms with Gasteiger partial charge in [-0.15, -0.1) is 0 Å². The number of carbonyl (C=O) groups is 1. The van der Waals surface area contributed by atoms with E-state index in [4.69, 9.17) is 12.2 Å². The van der Waals surface area contributed by atoms with Crippen LogP contribution < -0.4 is 0 Å². The highest BCUT2D eigenvalue weighted by atomic mass is 32.1. The molecule has 0 aliphatic heterocycles. The Balaban J connectivity index is 3.50. The van der Waals surface area contributed by atoms with Crippen molar-refractivity contribution in [2.75, 3.05) is 14.1 Å². The summed E-state index contributed by atoms with van der Waals surface area (Å²) < 4.78 is 0.415. The fourth-order valence-electron chi connectivity index (χ4n) is 1.53. The van der Waals surface area contributed by atoms with Gasteiger partial charge in [0, 0.05) is 25.9 Å². The van der Waals surface area contributed by atoms with Gasteiger partial charge in [-0.25, -0.2) is 4.98 Å². The molecule has 5 heteroatoms. The normalized spacial score (nSPS) is 12.0. The van der Waals surface area contributed by atoms with Crippen molar-refractivity contribution >= 4 is 24.2 Å². The summed E-state index contributed by atoms with van der Waals surface area (Å²) in [5.74, 6) is 0. The lowest BCUT2D eigenvalue weighted by Gasteiger charge is -2.20. The number of nitrogens with one attached hydrogen (secondary N) is 1. The number of aldehydes is 1. The number of H-pyrrole nitrogens is 1. The van der Waals surface area contributed by atoms with E-state index in [9.17, 15) is 4.79 Å². The van der Waals surface area contributed by atoms with Gasteiger partial charge in [-0.05, 0) is 31.6 Å². The van der Waals surface area contributed by atoms with Gasteiger partial charge in [0.15, 0.2) is 4.77 Å². The van der Waals surface area contributed by atoms with Gasteiger partial charge >= 0.3 is 0 Å². The van der Waals surface area contributed by atoms with E-state index in [2.05, 4.69) is 9.97 Å². The number of aryl methyl sites for hydroxylation is 1. The van der Waals surface area contributed by atoms with E-state index in [-0.39, 0.29) is 0 Å². The summed E-state index contributed by atoms with van der Waals surface area (Å²) >= 11 is 4.99. The Bertz CT molecular complexity index is 488. The maximum atomic E-state index is 10.9. The fourth-order valence-corrected chi connectivity index (χ4v) is 1.69. The Morgan fingerprint density at radius 2 is 2.19 bits per heavy atom. The summed E-state index contributed by atoms with van der Waals surface area (Å²) in [7, 11) is 3.78. The third kappa shape index (κ3) is 2.55. The van der Waals surface area contributed by atoms with E-state index in [1.54, 1.807) is 13.1 Å². The minimum atomic E-state index is 0.415. The van der Waals surface area contributed by atoms with Crippen LogP contribution in [0.25, 0.3) is 5.70 Å². The van der Waals surface area contributed by atoms with Gasteiger partial charge < -0.3 is 9.88 Å². The minimum Gasteiger partial charge on any atom is -0.376 e. The number of rotatable bonds is 3. The van der Waals surface area contributed by atoms with Crippen LogP contribution in [0.4, 0.5) is 0 Å². The Hall–Kier alpha value is -1.49. The topological polar surface area (TPSA) is 49.0 Å². The SMILES string of the molecule is CC(C=O)=C(c1[nH]c(=S)ncc1C)N(C)C. The molecule has 86 valence electrons. The number of hydrogen-bond donors (Lipinski definition) is 1. The molecule has 1 heterocycles. The highest BCUT2D eigenvalue weighted by Crippen LogP contribution is 2.20. The van der Waals surface area contributed by atoms with Gasteiger partial charge in [-0.2, -0.15) is 0 Å². The first-order valence-corrected chi connectivity index (χ1v) is 5.28. The van der Waals surface area contributed by atoms with E-state index in [0.717, 1.165) is 23.2 Å². The van der Waals surface area contributed by atoms with Crippen molar-refractivity contribution in [2.45, 2.75) is 13.8 Å². The zero-order chi connectivity index (χ0) is 12.3. The van der Waals surface area contributed by atoms with Crippen molar-refractivity contribution in [1.29, 1.82) is 0 Å². The van der Waals surface area contributed by atoms with Crippen molar-refractivity contribution in [3.05, 3.63) is 27.8 Å². The second-order valence-corrected chi connectivity index (χ2v) is 4.18. The van der Waals surface area contributed by atoms with Crippen molar-refractivity contribution in [3.63, 3.8) is 0 Å². The Morgan fingerprint density at radius 3 is 2.69 bits per heavy atom. The minimum absolute atomic E-state index is 0.415. The molecule has 4 nitrogen and oxygen atoms in total. The molecule has 0 aromatic carbocycles. The molecule has 1 N–H and O–H groups in total. The summed E-state index contributed by atoms with van der Waals surface area (Å²) in [6.07, 6.45) is 2.54. The van der Waals surface area contributed by atoms with Crippen LogP contribution >= 0.6 is 12.2 Å². The molecule has 0 aliphatic rings. The van der Waals surface area contributed by atoms with Gasteiger partial charge in [-0.1, -0.05) is 0 Å². The van der Waals surface area contributed by atoms with Crippen LogP contribution in [-0.4, -0.2) is 35.2 Å². The third-order valence-corrected chi connectivity index (χ3v) is 2.44. The van der Waals surface area contributed by atoms with Gasteiger partial charge in [0.05, 0.1) is 11.4 Å².